The van der Waals surface area contributed by atoms with E-state index in [4.69, 9.17) is 4.42 Å². The molecule has 0 aliphatic rings. The minimum absolute atomic E-state index is 0.152. The molecule has 2 atom stereocenters. The fraction of sp³-hybridized carbons (Fsp3) is 0.238. The molecule has 134 valence electrons. The van der Waals surface area contributed by atoms with Gasteiger partial charge in [0, 0.05) is 12.3 Å². The zero-order valence-electron chi connectivity index (χ0n) is 14.9. The van der Waals surface area contributed by atoms with Crippen LogP contribution >= 0.6 is 0 Å². The molecule has 1 heterocycles. The van der Waals surface area contributed by atoms with Crippen molar-refractivity contribution in [1.29, 1.82) is 0 Å². The van der Waals surface area contributed by atoms with E-state index in [1.807, 2.05) is 67.6 Å². The van der Waals surface area contributed by atoms with Crippen LogP contribution in [-0.4, -0.2) is 11.8 Å². The van der Waals surface area contributed by atoms with Crippen molar-refractivity contribution >= 4 is 22.8 Å². The van der Waals surface area contributed by atoms with Gasteiger partial charge >= 0.3 is 0 Å². The van der Waals surface area contributed by atoms with Gasteiger partial charge in [-0.3, -0.25) is 9.59 Å². The average molecular weight is 350 g/mol. The first-order chi connectivity index (χ1) is 12.5. The zero-order valence-corrected chi connectivity index (χ0v) is 14.9. The fourth-order valence-corrected chi connectivity index (χ4v) is 2.96. The lowest BCUT2D eigenvalue weighted by Crippen LogP contribution is -2.33. The van der Waals surface area contributed by atoms with E-state index in [9.17, 15) is 9.59 Å². The Morgan fingerprint density at radius 1 is 1.00 bits per heavy atom. The highest BCUT2D eigenvalue weighted by Gasteiger charge is 2.20. The number of carbonyl (C=O) groups excluding carboxylic acids is 2. The largest absolute Gasteiger partial charge is 0.459 e. The van der Waals surface area contributed by atoms with Crippen molar-refractivity contribution < 1.29 is 14.0 Å². The van der Waals surface area contributed by atoms with Gasteiger partial charge in [0.2, 0.25) is 11.8 Å². The van der Waals surface area contributed by atoms with Crippen LogP contribution in [0, 0.1) is 0 Å². The molecule has 3 aromatic rings. The monoisotopic (exact) mass is 350 g/mol. The SMILES string of the molecule is CC(=O)N[C@H](CC(=O)N[C@@H](C)c1cc2ccccc2o1)c1ccccc1. The molecule has 0 saturated heterocycles. The highest BCUT2D eigenvalue weighted by Crippen LogP contribution is 2.24. The van der Waals surface area contributed by atoms with Gasteiger partial charge < -0.3 is 15.1 Å². The van der Waals surface area contributed by atoms with Gasteiger partial charge in [-0.1, -0.05) is 48.5 Å². The Balaban J connectivity index is 1.68. The molecule has 5 nitrogen and oxygen atoms in total. The molecule has 0 saturated carbocycles. The molecule has 26 heavy (non-hydrogen) atoms. The van der Waals surface area contributed by atoms with Gasteiger partial charge in [0.05, 0.1) is 18.5 Å². The third-order valence-corrected chi connectivity index (χ3v) is 4.22. The van der Waals surface area contributed by atoms with Crippen molar-refractivity contribution in [2.75, 3.05) is 0 Å². The number of furan rings is 1. The summed E-state index contributed by atoms with van der Waals surface area (Å²) in [6.45, 7) is 3.33. The minimum atomic E-state index is -0.364. The number of rotatable bonds is 6. The number of hydrogen-bond acceptors (Lipinski definition) is 3. The predicted octanol–water partition coefficient (Wildman–Crippen LogP) is 3.88. The predicted molar refractivity (Wildman–Crippen MR) is 100 cm³/mol. The molecule has 2 aromatic carbocycles. The fourth-order valence-electron chi connectivity index (χ4n) is 2.96. The Hall–Kier alpha value is -3.08. The van der Waals surface area contributed by atoms with E-state index in [0.29, 0.717) is 5.76 Å². The van der Waals surface area contributed by atoms with E-state index in [1.54, 1.807) is 0 Å². The number of para-hydroxylation sites is 1. The maximum atomic E-state index is 12.5. The second-order valence-corrected chi connectivity index (χ2v) is 6.34. The summed E-state index contributed by atoms with van der Waals surface area (Å²) < 4.78 is 5.80. The minimum Gasteiger partial charge on any atom is -0.459 e. The summed E-state index contributed by atoms with van der Waals surface area (Å²) in [6.07, 6.45) is 0.161. The van der Waals surface area contributed by atoms with Crippen LogP contribution in [0.5, 0.6) is 0 Å². The summed E-state index contributed by atoms with van der Waals surface area (Å²) >= 11 is 0. The molecule has 0 bridgehead atoms. The lowest BCUT2D eigenvalue weighted by atomic mass is 10.0. The highest BCUT2D eigenvalue weighted by atomic mass is 16.3. The second kappa shape index (κ2) is 7.87. The number of benzene rings is 2. The molecule has 5 heteroatoms. The Morgan fingerprint density at radius 3 is 2.38 bits per heavy atom. The van der Waals surface area contributed by atoms with E-state index in [-0.39, 0.29) is 30.3 Å². The van der Waals surface area contributed by atoms with E-state index in [0.717, 1.165) is 16.5 Å². The molecule has 0 unspecified atom stereocenters. The van der Waals surface area contributed by atoms with Crippen molar-refractivity contribution in [3.8, 4) is 0 Å². The first kappa shape index (κ1) is 17.7. The number of fused-ring (bicyclic) bond motifs is 1. The molecule has 2 N–H and O–H groups in total. The molecule has 2 amide bonds. The molecule has 0 radical (unpaired) electrons. The summed E-state index contributed by atoms with van der Waals surface area (Å²) in [5.74, 6) is 0.382. The average Bonchev–Trinajstić information content (AvgIpc) is 3.06. The Labute approximate surface area is 152 Å². The van der Waals surface area contributed by atoms with Crippen molar-refractivity contribution in [3.05, 3.63) is 72.0 Å². The van der Waals surface area contributed by atoms with Crippen LogP contribution in [0.25, 0.3) is 11.0 Å². The lowest BCUT2D eigenvalue weighted by Gasteiger charge is -2.19. The second-order valence-electron chi connectivity index (χ2n) is 6.34. The zero-order chi connectivity index (χ0) is 18.5. The van der Waals surface area contributed by atoms with E-state index in [2.05, 4.69) is 10.6 Å². The Bertz CT molecular complexity index is 869. The van der Waals surface area contributed by atoms with Crippen LogP contribution < -0.4 is 10.6 Å². The van der Waals surface area contributed by atoms with Gasteiger partial charge in [-0.25, -0.2) is 0 Å². The first-order valence-electron chi connectivity index (χ1n) is 8.63. The van der Waals surface area contributed by atoms with Gasteiger partial charge in [-0.15, -0.1) is 0 Å². The van der Waals surface area contributed by atoms with Crippen molar-refractivity contribution in [2.45, 2.75) is 32.4 Å². The summed E-state index contributed by atoms with van der Waals surface area (Å²) in [6, 6.07) is 18.5. The third kappa shape index (κ3) is 4.30. The normalized spacial score (nSPS) is 13.2. The van der Waals surface area contributed by atoms with E-state index >= 15 is 0 Å². The summed E-state index contributed by atoms with van der Waals surface area (Å²) in [4.78, 5) is 24.0. The van der Waals surface area contributed by atoms with Gasteiger partial charge in [0.25, 0.3) is 0 Å². The van der Waals surface area contributed by atoms with Crippen molar-refractivity contribution in [3.63, 3.8) is 0 Å². The smallest absolute Gasteiger partial charge is 0.222 e. The van der Waals surface area contributed by atoms with Gasteiger partial charge in [0.1, 0.15) is 11.3 Å². The standard InChI is InChI=1S/C21H22N2O3/c1-14(20-12-17-10-6-7-11-19(17)26-20)22-21(25)13-18(23-15(2)24)16-8-4-3-5-9-16/h3-12,14,18H,13H2,1-2H3,(H,22,25)(H,23,24)/t14-,18+/m0/s1. The molecule has 0 aliphatic carbocycles. The van der Waals surface area contributed by atoms with Crippen molar-refractivity contribution in [1.82, 2.24) is 10.6 Å². The highest BCUT2D eigenvalue weighted by molar-refractivity contribution is 5.80. The maximum absolute atomic E-state index is 12.5. The Morgan fingerprint density at radius 2 is 1.69 bits per heavy atom. The number of amides is 2. The van der Waals surface area contributed by atoms with E-state index in [1.165, 1.54) is 6.92 Å². The molecule has 0 spiro atoms. The summed E-state index contributed by atoms with van der Waals surface area (Å²) in [5, 5.41) is 6.79. The molecular formula is C21H22N2O3. The van der Waals surface area contributed by atoms with Crippen molar-refractivity contribution in [2.24, 2.45) is 0 Å². The topological polar surface area (TPSA) is 71.3 Å². The van der Waals surface area contributed by atoms with Crippen LogP contribution in [0.2, 0.25) is 0 Å². The number of nitrogens with one attached hydrogen (secondary N) is 2. The number of carbonyl (C=O) groups is 2. The van der Waals surface area contributed by atoms with E-state index < -0.39 is 0 Å². The molecular weight excluding hydrogens is 328 g/mol. The summed E-state index contributed by atoms with van der Waals surface area (Å²) in [5.41, 5.74) is 1.69. The van der Waals surface area contributed by atoms with Crippen LogP contribution in [0.15, 0.2) is 65.1 Å². The lowest BCUT2D eigenvalue weighted by molar-refractivity contribution is -0.123. The van der Waals surface area contributed by atoms with Gasteiger partial charge in [-0.2, -0.15) is 0 Å². The third-order valence-electron chi connectivity index (χ3n) is 4.22. The van der Waals surface area contributed by atoms with Crippen LogP contribution in [-0.2, 0) is 9.59 Å². The van der Waals surface area contributed by atoms with Crippen LogP contribution in [0.1, 0.15) is 43.7 Å². The molecule has 1 aromatic heterocycles. The van der Waals surface area contributed by atoms with Crippen LogP contribution in [0.3, 0.4) is 0 Å². The Kier molecular flexibility index (Phi) is 5.37. The summed E-state index contributed by atoms with van der Waals surface area (Å²) in [7, 11) is 0. The number of hydrogen-bond donors (Lipinski definition) is 2. The molecule has 0 fully saturated rings. The molecule has 3 rings (SSSR count). The molecule has 0 aliphatic heterocycles. The quantitative estimate of drug-likeness (QED) is 0.709. The van der Waals surface area contributed by atoms with Gasteiger partial charge in [0.15, 0.2) is 0 Å². The first-order valence-corrected chi connectivity index (χ1v) is 8.63. The maximum Gasteiger partial charge on any atom is 0.222 e. The van der Waals surface area contributed by atoms with Crippen LogP contribution in [0.4, 0.5) is 0 Å². The van der Waals surface area contributed by atoms with Gasteiger partial charge in [-0.05, 0) is 24.6 Å².